The van der Waals surface area contributed by atoms with E-state index in [-0.39, 0.29) is 16.8 Å². The van der Waals surface area contributed by atoms with Gasteiger partial charge in [0.15, 0.2) is 0 Å². The molecule has 0 radical (unpaired) electrons. The Morgan fingerprint density at radius 3 is 2.69 bits per heavy atom. The molecule has 7 heteroatoms. The summed E-state index contributed by atoms with van der Waals surface area (Å²) in [6.07, 6.45) is 7.01. The number of carbonyl (C=O) groups excluding carboxylic acids is 1. The molecule has 6 nitrogen and oxygen atoms in total. The van der Waals surface area contributed by atoms with Crippen LogP contribution in [-0.2, 0) is 4.74 Å². The van der Waals surface area contributed by atoms with Crippen molar-refractivity contribution in [3.05, 3.63) is 17.0 Å². The van der Waals surface area contributed by atoms with Gasteiger partial charge in [-0.2, -0.15) is 0 Å². The lowest BCUT2D eigenvalue weighted by Crippen LogP contribution is -2.39. The standard InChI is InChI=1S/C19H29ClN4O2/c1-13-11-21-16(20)23-15(13)22-14-5-7-19(8-6-14)9-10-24(12-19)17(25)26-18(2,3)4/h11,14H,5-10,12H2,1-4H3,(H,21,22,23). The molecule has 0 atom stereocenters. The van der Waals surface area contributed by atoms with Crippen LogP contribution in [0.5, 0.6) is 0 Å². The van der Waals surface area contributed by atoms with Gasteiger partial charge < -0.3 is 15.0 Å². The molecule has 2 heterocycles. The Morgan fingerprint density at radius 1 is 1.35 bits per heavy atom. The molecule has 1 aromatic rings. The largest absolute Gasteiger partial charge is 0.444 e. The molecule has 1 saturated carbocycles. The Hall–Kier alpha value is -1.56. The van der Waals surface area contributed by atoms with Gasteiger partial charge in [0.25, 0.3) is 0 Å². The van der Waals surface area contributed by atoms with Crippen LogP contribution in [0.3, 0.4) is 0 Å². The molecule has 26 heavy (non-hydrogen) atoms. The fourth-order valence-corrected chi connectivity index (χ4v) is 4.09. The van der Waals surface area contributed by atoms with Crippen LogP contribution in [-0.4, -0.2) is 45.7 Å². The van der Waals surface area contributed by atoms with Crippen molar-refractivity contribution in [1.82, 2.24) is 14.9 Å². The molecule has 1 aliphatic heterocycles. The van der Waals surface area contributed by atoms with Crippen LogP contribution in [0.25, 0.3) is 0 Å². The van der Waals surface area contributed by atoms with Gasteiger partial charge in [-0.3, -0.25) is 0 Å². The predicted octanol–water partition coefficient (Wildman–Crippen LogP) is 4.42. The van der Waals surface area contributed by atoms with E-state index in [2.05, 4.69) is 15.3 Å². The van der Waals surface area contributed by atoms with Crippen molar-refractivity contribution in [2.24, 2.45) is 5.41 Å². The highest BCUT2D eigenvalue weighted by Gasteiger charge is 2.43. The maximum absolute atomic E-state index is 12.3. The number of likely N-dealkylation sites (tertiary alicyclic amines) is 1. The number of carbonyl (C=O) groups is 1. The first kappa shape index (κ1) is 19.2. The molecule has 2 fully saturated rings. The van der Waals surface area contributed by atoms with Gasteiger partial charge in [-0.15, -0.1) is 0 Å². The number of halogens is 1. The summed E-state index contributed by atoms with van der Waals surface area (Å²) in [5.41, 5.74) is 0.810. The highest BCUT2D eigenvalue weighted by molar-refractivity contribution is 6.28. The van der Waals surface area contributed by atoms with Crippen molar-refractivity contribution < 1.29 is 9.53 Å². The fraction of sp³-hybridized carbons (Fsp3) is 0.737. The second-order valence-electron chi connectivity index (χ2n) is 8.74. The summed E-state index contributed by atoms with van der Waals surface area (Å²) in [7, 11) is 0. The number of aryl methyl sites for hydroxylation is 1. The zero-order valence-electron chi connectivity index (χ0n) is 16.1. The van der Waals surface area contributed by atoms with Crippen LogP contribution in [0.1, 0.15) is 58.4 Å². The summed E-state index contributed by atoms with van der Waals surface area (Å²) in [6.45, 7) is 9.33. The van der Waals surface area contributed by atoms with E-state index in [1.807, 2.05) is 32.6 Å². The Morgan fingerprint density at radius 2 is 2.04 bits per heavy atom. The van der Waals surface area contributed by atoms with Crippen molar-refractivity contribution >= 4 is 23.5 Å². The molecule has 0 unspecified atom stereocenters. The van der Waals surface area contributed by atoms with Gasteiger partial charge in [0.05, 0.1) is 0 Å². The van der Waals surface area contributed by atoms with Crippen LogP contribution >= 0.6 is 11.6 Å². The van der Waals surface area contributed by atoms with E-state index in [0.717, 1.165) is 56.6 Å². The number of anilines is 1. The summed E-state index contributed by atoms with van der Waals surface area (Å²) >= 11 is 5.91. The lowest BCUT2D eigenvalue weighted by molar-refractivity contribution is 0.0261. The van der Waals surface area contributed by atoms with Gasteiger partial charge in [-0.1, -0.05) is 0 Å². The SMILES string of the molecule is Cc1cnc(Cl)nc1NC1CCC2(CC1)CCN(C(=O)OC(C)(C)C)C2. The van der Waals surface area contributed by atoms with Crippen molar-refractivity contribution in [2.75, 3.05) is 18.4 Å². The highest BCUT2D eigenvalue weighted by Crippen LogP contribution is 2.44. The minimum Gasteiger partial charge on any atom is -0.444 e. The molecule has 3 rings (SSSR count). The molecule has 1 N–H and O–H groups in total. The van der Waals surface area contributed by atoms with Crippen LogP contribution in [0.4, 0.5) is 10.6 Å². The summed E-state index contributed by atoms with van der Waals surface area (Å²) < 4.78 is 5.53. The Labute approximate surface area is 160 Å². The first-order valence-electron chi connectivity index (χ1n) is 9.39. The maximum atomic E-state index is 12.3. The Balaban J connectivity index is 1.54. The number of hydrogen-bond acceptors (Lipinski definition) is 5. The topological polar surface area (TPSA) is 67.4 Å². The molecule has 1 spiro atoms. The number of aromatic nitrogens is 2. The summed E-state index contributed by atoms with van der Waals surface area (Å²) in [5, 5.41) is 3.79. The van der Waals surface area contributed by atoms with Crippen molar-refractivity contribution in [1.29, 1.82) is 0 Å². The molecule has 1 saturated heterocycles. The summed E-state index contributed by atoms with van der Waals surface area (Å²) in [4.78, 5) is 22.5. The number of ether oxygens (including phenoxy) is 1. The lowest BCUT2D eigenvalue weighted by atomic mass is 9.72. The third kappa shape index (κ3) is 4.58. The first-order chi connectivity index (χ1) is 12.2. The number of hydrogen-bond donors (Lipinski definition) is 1. The molecule has 2 aliphatic rings. The minimum absolute atomic E-state index is 0.180. The van der Waals surface area contributed by atoms with Crippen LogP contribution in [0.2, 0.25) is 5.28 Å². The van der Waals surface area contributed by atoms with E-state index in [0.29, 0.717) is 6.04 Å². The summed E-state index contributed by atoms with van der Waals surface area (Å²) in [5.74, 6) is 0.827. The van der Waals surface area contributed by atoms with E-state index >= 15 is 0 Å². The van der Waals surface area contributed by atoms with Crippen molar-refractivity contribution in [2.45, 2.75) is 71.4 Å². The molecule has 144 valence electrons. The zero-order valence-corrected chi connectivity index (χ0v) is 16.9. The molecule has 1 amide bonds. The van der Waals surface area contributed by atoms with E-state index in [4.69, 9.17) is 16.3 Å². The highest BCUT2D eigenvalue weighted by atomic mass is 35.5. The normalized spacial score (nSPS) is 26.2. The summed E-state index contributed by atoms with van der Waals surface area (Å²) in [6, 6.07) is 0.390. The van der Waals surface area contributed by atoms with E-state index < -0.39 is 5.60 Å². The van der Waals surface area contributed by atoms with Gasteiger partial charge in [0.1, 0.15) is 11.4 Å². The van der Waals surface area contributed by atoms with Gasteiger partial charge in [-0.05, 0) is 76.8 Å². The number of nitrogens with one attached hydrogen (secondary N) is 1. The monoisotopic (exact) mass is 380 g/mol. The van der Waals surface area contributed by atoms with Gasteiger partial charge >= 0.3 is 6.09 Å². The van der Waals surface area contributed by atoms with E-state index in [9.17, 15) is 4.79 Å². The lowest BCUT2D eigenvalue weighted by Gasteiger charge is -2.37. The molecular formula is C19H29ClN4O2. The van der Waals surface area contributed by atoms with Gasteiger partial charge in [0, 0.05) is 30.9 Å². The third-order valence-corrected chi connectivity index (χ3v) is 5.60. The quantitative estimate of drug-likeness (QED) is 0.769. The molecular weight excluding hydrogens is 352 g/mol. The number of rotatable bonds is 2. The molecule has 0 bridgehead atoms. The molecule has 1 aliphatic carbocycles. The van der Waals surface area contributed by atoms with E-state index in [1.54, 1.807) is 6.20 Å². The molecule has 1 aromatic heterocycles. The predicted molar refractivity (Wildman–Crippen MR) is 103 cm³/mol. The average Bonchev–Trinajstić information content (AvgIpc) is 2.96. The van der Waals surface area contributed by atoms with Gasteiger partial charge in [-0.25, -0.2) is 14.8 Å². The van der Waals surface area contributed by atoms with E-state index in [1.165, 1.54) is 0 Å². The minimum atomic E-state index is -0.439. The Kier molecular flexibility index (Phi) is 5.33. The number of amides is 1. The molecule has 0 aromatic carbocycles. The second-order valence-corrected chi connectivity index (χ2v) is 9.08. The van der Waals surface area contributed by atoms with Crippen molar-refractivity contribution in [3.63, 3.8) is 0 Å². The first-order valence-corrected chi connectivity index (χ1v) is 9.77. The zero-order chi connectivity index (χ0) is 18.9. The fourth-order valence-electron chi connectivity index (χ4n) is 3.96. The van der Waals surface area contributed by atoms with Crippen LogP contribution in [0, 0.1) is 12.3 Å². The van der Waals surface area contributed by atoms with Crippen LogP contribution < -0.4 is 5.32 Å². The second kappa shape index (κ2) is 7.22. The smallest absolute Gasteiger partial charge is 0.410 e. The maximum Gasteiger partial charge on any atom is 0.410 e. The Bertz CT molecular complexity index is 666. The average molecular weight is 381 g/mol. The van der Waals surface area contributed by atoms with Crippen molar-refractivity contribution in [3.8, 4) is 0 Å². The third-order valence-electron chi connectivity index (χ3n) is 5.42. The van der Waals surface area contributed by atoms with Gasteiger partial charge in [0.2, 0.25) is 5.28 Å². The number of nitrogens with zero attached hydrogens (tertiary/aromatic N) is 3. The van der Waals surface area contributed by atoms with Crippen LogP contribution in [0.15, 0.2) is 6.20 Å².